The molecular weight excluding hydrogens is 228 g/mol. The molecule has 0 spiro atoms. The van der Waals surface area contributed by atoms with E-state index in [4.69, 9.17) is 9.47 Å². The van der Waals surface area contributed by atoms with Crippen molar-refractivity contribution in [3.63, 3.8) is 0 Å². The summed E-state index contributed by atoms with van der Waals surface area (Å²) in [4.78, 5) is 11.6. The van der Waals surface area contributed by atoms with Gasteiger partial charge in [-0.2, -0.15) is 0 Å². The standard InChI is InChI=1S/C15H28O3/c1-7-10-11-12(8-2)13(9-3)17-14(16)18-15(4,5)6/h9,12-13H,3,7-8,10-11H2,1-2,4-6H3. The molecule has 3 nitrogen and oxygen atoms in total. The van der Waals surface area contributed by atoms with Gasteiger partial charge >= 0.3 is 6.16 Å². The first-order valence-corrected chi connectivity index (χ1v) is 6.86. The van der Waals surface area contributed by atoms with Gasteiger partial charge in [-0.1, -0.05) is 39.3 Å². The van der Waals surface area contributed by atoms with Gasteiger partial charge in [0.05, 0.1) is 0 Å². The normalized spacial score (nSPS) is 14.7. The van der Waals surface area contributed by atoms with E-state index < -0.39 is 11.8 Å². The lowest BCUT2D eigenvalue weighted by molar-refractivity contribution is -0.0294. The molecular formula is C15H28O3. The monoisotopic (exact) mass is 256 g/mol. The van der Waals surface area contributed by atoms with Gasteiger partial charge in [-0.25, -0.2) is 4.79 Å². The van der Waals surface area contributed by atoms with E-state index in [1.807, 2.05) is 20.8 Å². The van der Waals surface area contributed by atoms with Crippen molar-refractivity contribution in [1.29, 1.82) is 0 Å². The van der Waals surface area contributed by atoms with Crippen molar-refractivity contribution in [2.45, 2.75) is 72.0 Å². The maximum Gasteiger partial charge on any atom is 0.509 e. The summed E-state index contributed by atoms with van der Waals surface area (Å²) in [6, 6.07) is 0. The molecule has 0 fully saturated rings. The predicted molar refractivity (Wildman–Crippen MR) is 74.6 cm³/mol. The molecule has 0 radical (unpaired) electrons. The Balaban J connectivity index is 4.38. The molecule has 0 amide bonds. The highest BCUT2D eigenvalue weighted by Crippen LogP contribution is 2.21. The van der Waals surface area contributed by atoms with Crippen LogP contribution in [0.2, 0.25) is 0 Å². The number of carbonyl (C=O) groups is 1. The fourth-order valence-corrected chi connectivity index (χ4v) is 1.79. The molecule has 0 heterocycles. The van der Waals surface area contributed by atoms with Crippen LogP contribution < -0.4 is 0 Å². The summed E-state index contributed by atoms with van der Waals surface area (Å²) in [5.74, 6) is 0.329. The average molecular weight is 256 g/mol. The predicted octanol–water partition coefficient (Wildman–Crippen LogP) is 4.71. The first-order valence-electron chi connectivity index (χ1n) is 6.86. The summed E-state index contributed by atoms with van der Waals surface area (Å²) in [5.41, 5.74) is -0.520. The van der Waals surface area contributed by atoms with Gasteiger partial charge in [0, 0.05) is 0 Å². The number of ether oxygens (including phenoxy) is 2. The summed E-state index contributed by atoms with van der Waals surface area (Å²) < 4.78 is 10.5. The second-order valence-electron chi connectivity index (χ2n) is 5.59. The minimum Gasteiger partial charge on any atom is -0.429 e. The summed E-state index contributed by atoms with van der Waals surface area (Å²) in [5, 5.41) is 0. The number of unbranched alkanes of at least 4 members (excludes halogenated alkanes) is 1. The van der Waals surface area contributed by atoms with Gasteiger partial charge < -0.3 is 9.47 Å². The molecule has 0 aliphatic rings. The molecule has 106 valence electrons. The van der Waals surface area contributed by atoms with Crippen LogP contribution in [0, 0.1) is 5.92 Å². The summed E-state index contributed by atoms with van der Waals surface area (Å²) >= 11 is 0. The van der Waals surface area contributed by atoms with Crippen molar-refractivity contribution >= 4 is 6.16 Å². The lowest BCUT2D eigenvalue weighted by atomic mass is 9.93. The van der Waals surface area contributed by atoms with Crippen molar-refractivity contribution in [1.82, 2.24) is 0 Å². The van der Waals surface area contributed by atoms with Crippen molar-refractivity contribution in [3.05, 3.63) is 12.7 Å². The largest absolute Gasteiger partial charge is 0.509 e. The van der Waals surface area contributed by atoms with Crippen LogP contribution in [0.4, 0.5) is 4.79 Å². The zero-order chi connectivity index (χ0) is 14.2. The Morgan fingerprint density at radius 1 is 1.33 bits per heavy atom. The zero-order valence-electron chi connectivity index (χ0n) is 12.5. The quantitative estimate of drug-likeness (QED) is 0.489. The van der Waals surface area contributed by atoms with Crippen LogP contribution in [0.25, 0.3) is 0 Å². The van der Waals surface area contributed by atoms with E-state index in [1.165, 1.54) is 0 Å². The van der Waals surface area contributed by atoms with Crippen molar-refractivity contribution in [2.75, 3.05) is 0 Å². The molecule has 0 bridgehead atoms. The highest BCUT2D eigenvalue weighted by molar-refractivity contribution is 5.61. The topological polar surface area (TPSA) is 35.5 Å². The molecule has 0 aliphatic heterocycles. The number of hydrogen-bond donors (Lipinski definition) is 0. The molecule has 0 aromatic carbocycles. The maximum absolute atomic E-state index is 11.6. The second kappa shape index (κ2) is 8.17. The summed E-state index contributed by atoms with van der Waals surface area (Å²) in [7, 11) is 0. The Hall–Kier alpha value is -0.990. The van der Waals surface area contributed by atoms with Gasteiger partial charge in [-0.3, -0.25) is 0 Å². The van der Waals surface area contributed by atoms with Crippen molar-refractivity contribution < 1.29 is 14.3 Å². The van der Waals surface area contributed by atoms with Crippen LogP contribution in [-0.2, 0) is 9.47 Å². The van der Waals surface area contributed by atoms with Gasteiger partial charge in [0.1, 0.15) is 11.7 Å². The molecule has 0 aliphatic carbocycles. The van der Waals surface area contributed by atoms with Crippen LogP contribution in [0.1, 0.15) is 60.3 Å². The Labute approximate surface area is 112 Å². The Bertz CT molecular complexity index is 253. The van der Waals surface area contributed by atoms with Gasteiger partial charge in [0.15, 0.2) is 0 Å². The Kier molecular flexibility index (Phi) is 7.72. The lowest BCUT2D eigenvalue weighted by Gasteiger charge is -2.25. The van der Waals surface area contributed by atoms with E-state index in [2.05, 4.69) is 20.4 Å². The first-order chi connectivity index (χ1) is 8.34. The first kappa shape index (κ1) is 17.0. The SMILES string of the molecule is C=CC(OC(=O)OC(C)(C)C)C(CC)CCCC. The second-order valence-corrected chi connectivity index (χ2v) is 5.59. The molecule has 0 aromatic rings. The van der Waals surface area contributed by atoms with Crippen LogP contribution in [0.5, 0.6) is 0 Å². The molecule has 0 rings (SSSR count). The van der Waals surface area contributed by atoms with Crippen LogP contribution in [-0.4, -0.2) is 17.9 Å². The zero-order valence-corrected chi connectivity index (χ0v) is 12.5. The highest BCUT2D eigenvalue weighted by Gasteiger charge is 2.24. The van der Waals surface area contributed by atoms with E-state index in [1.54, 1.807) is 6.08 Å². The van der Waals surface area contributed by atoms with Gasteiger partial charge in [-0.15, -0.1) is 0 Å². The van der Waals surface area contributed by atoms with Crippen LogP contribution in [0.3, 0.4) is 0 Å². The highest BCUT2D eigenvalue weighted by atomic mass is 16.7. The third kappa shape index (κ3) is 7.36. The molecule has 0 aromatic heterocycles. The van der Waals surface area contributed by atoms with E-state index in [0.717, 1.165) is 25.7 Å². The van der Waals surface area contributed by atoms with E-state index in [0.29, 0.717) is 5.92 Å². The van der Waals surface area contributed by atoms with Crippen molar-refractivity contribution in [2.24, 2.45) is 5.92 Å². The third-order valence-electron chi connectivity index (χ3n) is 2.77. The molecule has 18 heavy (non-hydrogen) atoms. The Morgan fingerprint density at radius 3 is 2.33 bits per heavy atom. The Morgan fingerprint density at radius 2 is 1.94 bits per heavy atom. The maximum atomic E-state index is 11.6. The minimum atomic E-state index is -0.609. The smallest absolute Gasteiger partial charge is 0.429 e. The molecule has 2 atom stereocenters. The van der Waals surface area contributed by atoms with Crippen molar-refractivity contribution in [3.8, 4) is 0 Å². The van der Waals surface area contributed by atoms with Gasteiger partial charge in [0.25, 0.3) is 0 Å². The van der Waals surface area contributed by atoms with Gasteiger partial charge in [-0.05, 0) is 39.5 Å². The third-order valence-corrected chi connectivity index (χ3v) is 2.77. The van der Waals surface area contributed by atoms with E-state index in [9.17, 15) is 4.79 Å². The molecule has 0 saturated heterocycles. The number of rotatable bonds is 7. The number of hydrogen-bond acceptors (Lipinski definition) is 3. The van der Waals surface area contributed by atoms with Crippen LogP contribution >= 0.6 is 0 Å². The molecule has 3 heteroatoms. The lowest BCUT2D eigenvalue weighted by Crippen LogP contribution is -2.30. The van der Waals surface area contributed by atoms with Crippen LogP contribution in [0.15, 0.2) is 12.7 Å². The fourth-order valence-electron chi connectivity index (χ4n) is 1.79. The van der Waals surface area contributed by atoms with E-state index >= 15 is 0 Å². The molecule has 0 N–H and O–H groups in total. The van der Waals surface area contributed by atoms with E-state index in [-0.39, 0.29) is 6.10 Å². The number of carbonyl (C=O) groups excluding carboxylic acids is 1. The summed E-state index contributed by atoms with van der Waals surface area (Å²) in [6.07, 6.45) is 5.14. The molecule has 0 saturated carbocycles. The average Bonchev–Trinajstić information content (AvgIpc) is 2.25. The summed E-state index contributed by atoms with van der Waals surface area (Å²) in [6.45, 7) is 13.5. The minimum absolute atomic E-state index is 0.253. The molecule has 2 unspecified atom stereocenters. The van der Waals surface area contributed by atoms with Gasteiger partial charge in [0.2, 0.25) is 0 Å². The fraction of sp³-hybridized carbons (Fsp3) is 0.800.